The van der Waals surface area contributed by atoms with Crippen molar-refractivity contribution in [2.24, 2.45) is 5.10 Å². The molecule has 2 aromatic rings. The van der Waals surface area contributed by atoms with Gasteiger partial charge in [0.05, 0.1) is 6.21 Å². The number of carboxylic acids is 1. The summed E-state index contributed by atoms with van der Waals surface area (Å²) in [5.74, 6) is 0.0532. The minimum absolute atomic E-state index is 0.390. The minimum atomic E-state index is -1.02. The summed E-state index contributed by atoms with van der Waals surface area (Å²) in [6, 6.07) is 12.5. The number of carbonyl (C=O) groups is 1. The lowest BCUT2D eigenvalue weighted by Crippen LogP contribution is -2.10. The highest BCUT2D eigenvalue weighted by Gasteiger charge is 2.03. The molecule has 1 aromatic carbocycles. The Hall–Kier alpha value is -2.89. The van der Waals surface area contributed by atoms with Crippen LogP contribution in [0, 0.1) is 0 Å². The maximum absolute atomic E-state index is 10.5. The van der Waals surface area contributed by atoms with Gasteiger partial charge in [0, 0.05) is 11.8 Å². The Morgan fingerprint density at radius 2 is 2.10 bits per heavy atom. The van der Waals surface area contributed by atoms with Crippen molar-refractivity contribution in [1.29, 1.82) is 0 Å². The van der Waals surface area contributed by atoms with Gasteiger partial charge in [-0.3, -0.25) is 5.43 Å². The van der Waals surface area contributed by atoms with Crippen LogP contribution in [-0.2, 0) is 4.79 Å². The molecule has 0 fully saturated rings. The highest BCUT2D eigenvalue weighted by Crippen LogP contribution is 2.15. The van der Waals surface area contributed by atoms with Crippen LogP contribution in [0.25, 0.3) is 0 Å². The normalized spacial score (nSPS) is 10.4. The van der Waals surface area contributed by atoms with Gasteiger partial charge < -0.3 is 9.84 Å². The Morgan fingerprint density at radius 3 is 2.85 bits per heavy atom. The maximum Gasteiger partial charge on any atom is 0.341 e. The average molecular weight is 271 g/mol. The van der Waals surface area contributed by atoms with Crippen molar-refractivity contribution in [3.63, 3.8) is 0 Å². The van der Waals surface area contributed by atoms with Crippen molar-refractivity contribution in [3.8, 4) is 5.75 Å². The van der Waals surface area contributed by atoms with Gasteiger partial charge in [0.1, 0.15) is 11.6 Å². The molecule has 1 aromatic heterocycles. The number of hydrogen-bond acceptors (Lipinski definition) is 5. The topological polar surface area (TPSA) is 83.8 Å². The van der Waals surface area contributed by atoms with Gasteiger partial charge in [-0.1, -0.05) is 18.2 Å². The molecule has 102 valence electrons. The third kappa shape index (κ3) is 4.09. The number of aliphatic carboxylic acids is 1. The fourth-order valence-electron chi connectivity index (χ4n) is 1.45. The lowest BCUT2D eigenvalue weighted by molar-refractivity contribution is -0.139. The van der Waals surface area contributed by atoms with E-state index in [4.69, 9.17) is 9.84 Å². The zero-order valence-electron chi connectivity index (χ0n) is 10.6. The third-order valence-corrected chi connectivity index (χ3v) is 2.32. The van der Waals surface area contributed by atoms with Gasteiger partial charge >= 0.3 is 5.97 Å². The first kappa shape index (κ1) is 13.5. The summed E-state index contributed by atoms with van der Waals surface area (Å²) in [5.41, 5.74) is 3.45. The second kappa shape index (κ2) is 6.89. The van der Waals surface area contributed by atoms with E-state index in [0.29, 0.717) is 17.1 Å². The van der Waals surface area contributed by atoms with Crippen molar-refractivity contribution in [2.45, 2.75) is 0 Å². The van der Waals surface area contributed by atoms with E-state index in [-0.39, 0.29) is 0 Å². The Morgan fingerprint density at radius 1 is 1.30 bits per heavy atom. The highest BCUT2D eigenvalue weighted by atomic mass is 16.5. The number of hydrazone groups is 1. The molecule has 0 amide bonds. The molecule has 0 spiro atoms. The van der Waals surface area contributed by atoms with Crippen molar-refractivity contribution >= 4 is 18.0 Å². The molecule has 6 nitrogen and oxygen atoms in total. The van der Waals surface area contributed by atoms with Crippen molar-refractivity contribution in [1.82, 2.24) is 4.98 Å². The van der Waals surface area contributed by atoms with Crippen molar-refractivity contribution in [2.75, 3.05) is 12.0 Å². The summed E-state index contributed by atoms with van der Waals surface area (Å²) < 4.78 is 5.17. The van der Waals surface area contributed by atoms with Crippen LogP contribution in [0.2, 0.25) is 0 Å². The van der Waals surface area contributed by atoms with Gasteiger partial charge in [0.2, 0.25) is 0 Å². The summed E-state index contributed by atoms with van der Waals surface area (Å²) in [6.45, 7) is -0.390. The van der Waals surface area contributed by atoms with Gasteiger partial charge in [0.25, 0.3) is 0 Å². The van der Waals surface area contributed by atoms with Gasteiger partial charge in [-0.2, -0.15) is 5.10 Å². The molecule has 0 saturated heterocycles. The predicted molar refractivity (Wildman–Crippen MR) is 75.0 cm³/mol. The quantitative estimate of drug-likeness (QED) is 0.620. The van der Waals surface area contributed by atoms with E-state index in [9.17, 15) is 4.79 Å². The predicted octanol–water partition coefficient (Wildman–Crippen LogP) is 1.99. The fourth-order valence-corrected chi connectivity index (χ4v) is 1.45. The summed E-state index contributed by atoms with van der Waals surface area (Å²) >= 11 is 0. The molecule has 0 aliphatic carbocycles. The molecule has 0 unspecified atom stereocenters. The van der Waals surface area contributed by atoms with Crippen LogP contribution in [0.1, 0.15) is 5.56 Å². The molecule has 0 atom stereocenters. The monoisotopic (exact) mass is 271 g/mol. The van der Waals surface area contributed by atoms with Crippen LogP contribution in [0.3, 0.4) is 0 Å². The molecule has 6 heteroatoms. The van der Waals surface area contributed by atoms with Crippen LogP contribution < -0.4 is 10.2 Å². The Balaban J connectivity index is 2.03. The third-order valence-electron chi connectivity index (χ3n) is 2.32. The minimum Gasteiger partial charge on any atom is -0.481 e. The number of carboxylic acid groups (broad SMARTS) is 1. The van der Waals surface area contributed by atoms with E-state index in [2.05, 4.69) is 15.5 Å². The number of pyridine rings is 1. The average Bonchev–Trinajstić information content (AvgIpc) is 2.47. The molecule has 2 rings (SSSR count). The molecule has 0 radical (unpaired) electrons. The van der Waals surface area contributed by atoms with Crippen LogP contribution >= 0.6 is 0 Å². The SMILES string of the molecule is O=C(O)COc1ccccc1C=NNc1ccccn1. The lowest BCUT2D eigenvalue weighted by atomic mass is 10.2. The molecule has 0 bridgehead atoms. The van der Waals surface area contributed by atoms with Crippen LogP contribution in [0.5, 0.6) is 5.75 Å². The van der Waals surface area contributed by atoms with Gasteiger partial charge in [0.15, 0.2) is 6.61 Å². The summed E-state index contributed by atoms with van der Waals surface area (Å²) in [6.07, 6.45) is 3.20. The largest absolute Gasteiger partial charge is 0.481 e. The van der Waals surface area contributed by atoms with Crippen molar-refractivity contribution in [3.05, 3.63) is 54.2 Å². The van der Waals surface area contributed by atoms with E-state index < -0.39 is 12.6 Å². The van der Waals surface area contributed by atoms with E-state index in [1.54, 1.807) is 36.7 Å². The highest BCUT2D eigenvalue weighted by molar-refractivity contribution is 5.84. The number of rotatable bonds is 6. The number of ether oxygens (including phenoxy) is 1. The van der Waals surface area contributed by atoms with E-state index in [0.717, 1.165) is 0 Å². The Labute approximate surface area is 115 Å². The smallest absolute Gasteiger partial charge is 0.341 e. The second-order valence-corrected chi connectivity index (χ2v) is 3.81. The fraction of sp³-hybridized carbons (Fsp3) is 0.0714. The first-order chi connectivity index (χ1) is 9.75. The first-order valence-electron chi connectivity index (χ1n) is 5.89. The van der Waals surface area contributed by atoms with E-state index >= 15 is 0 Å². The number of benzene rings is 1. The zero-order valence-corrected chi connectivity index (χ0v) is 10.6. The molecule has 2 N–H and O–H groups in total. The molecule has 0 aliphatic heterocycles. The van der Waals surface area contributed by atoms with E-state index in [1.807, 2.05) is 18.2 Å². The molecule has 0 saturated carbocycles. The van der Waals surface area contributed by atoms with Crippen LogP contribution in [-0.4, -0.2) is 28.9 Å². The lowest BCUT2D eigenvalue weighted by Gasteiger charge is -2.06. The summed E-state index contributed by atoms with van der Waals surface area (Å²) in [5, 5.41) is 12.6. The van der Waals surface area contributed by atoms with E-state index in [1.165, 1.54) is 0 Å². The Kier molecular flexibility index (Phi) is 4.66. The molecule has 20 heavy (non-hydrogen) atoms. The molecular formula is C14H13N3O3. The molecule has 1 heterocycles. The number of nitrogens with zero attached hydrogens (tertiary/aromatic N) is 2. The number of nitrogens with one attached hydrogen (secondary N) is 1. The number of para-hydroxylation sites is 1. The van der Waals surface area contributed by atoms with Gasteiger partial charge in [-0.25, -0.2) is 9.78 Å². The molecule has 0 aliphatic rings. The number of anilines is 1. The van der Waals surface area contributed by atoms with Gasteiger partial charge in [-0.15, -0.1) is 0 Å². The zero-order chi connectivity index (χ0) is 14.2. The summed E-state index contributed by atoms with van der Waals surface area (Å²) in [4.78, 5) is 14.6. The first-order valence-corrected chi connectivity index (χ1v) is 5.89. The van der Waals surface area contributed by atoms with Crippen molar-refractivity contribution < 1.29 is 14.6 Å². The van der Waals surface area contributed by atoms with Crippen LogP contribution in [0.4, 0.5) is 5.82 Å². The number of aromatic nitrogens is 1. The number of hydrogen-bond donors (Lipinski definition) is 2. The Bertz CT molecular complexity index is 600. The maximum atomic E-state index is 10.5. The van der Waals surface area contributed by atoms with Gasteiger partial charge in [-0.05, 0) is 24.3 Å². The summed E-state index contributed by atoms with van der Waals surface area (Å²) in [7, 11) is 0. The standard InChI is InChI=1S/C14H13N3O3/c18-14(19)10-20-12-6-2-1-5-11(12)9-16-17-13-7-3-4-8-15-13/h1-9H,10H2,(H,15,17)(H,18,19). The second-order valence-electron chi connectivity index (χ2n) is 3.81. The molecular weight excluding hydrogens is 258 g/mol. The van der Waals surface area contributed by atoms with Crippen LogP contribution in [0.15, 0.2) is 53.8 Å².